The molecule has 2 amide bonds. The van der Waals surface area contributed by atoms with Crippen molar-refractivity contribution in [2.75, 3.05) is 22.3 Å². The molecule has 41 heavy (non-hydrogen) atoms. The number of rotatable bonds is 9. The summed E-state index contributed by atoms with van der Waals surface area (Å²) in [6.45, 7) is 0.622. The number of carbonyl (C=O) groups excluding carboxylic acids is 2. The highest BCUT2D eigenvalue weighted by Gasteiger charge is 2.32. The van der Waals surface area contributed by atoms with E-state index >= 15 is 0 Å². The van der Waals surface area contributed by atoms with Crippen molar-refractivity contribution in [3.05, 3.63) is 124 Å². The van der Waals surface area contributed by atoms with Crippen LogP contribution in [-0.4, -0.2) is 37.4 Å². The molecule has 7 nitrogen and oxygen atoms in total. The van der Waals surface area contributed by atoms with Crippen molar-refractivity contribution in [2.24, 2.45) is 0 Å². The summed E-state index contributed by atoms with van der Waals surface area (Å²) >= 11 is 13.5. The monoisotopic (exact) mass is 625 g/mol. The number of sulfonamides is 1. The zero-order valence-corrected chi connectivity index (χ0v) is 24.7. The summed E-state index contributed by atoms with van der Waals surface area (Å²) in [4.78, 5) is 27.3. The lowest BCUT2D eigenvalue weighted by Crippen LogP contribution is -2.30. The van der Waals surface area contributed by atoms with Crippen LogP contribution >= 0.6 is 35.0 Å². The van der Waals surface area contributed by atoms with Crippen LogP contribution in [0.4, 0.5) is 11.4 Å². The minimum atomic E-state index is -3.90. The summed E-state index contributed by atoms with van der Waals surface area (Å²) in [5.74, 6) is 0.195. The lowest BCUT2D eigenvalue weighted by atomic mass is 10.1. The van der Waals surface area contributed by atoms with Gasteiger partial charge in [-0.2, -0.15) is 0 Å². The van der Waals surface area contributed by atoms with E-state index in [-0.39, 0.29) is 27.8 Å². The minimum absolute atomic E-state index is 0.0105. The van der Waals surface area contributed by atoms with Gasteiger partial charge in [0.15, 0.2) is 0 Å². The maximum absolute atomic E-state index is 12.9. The second kappa shape index (κ2) is 12.6. The number of carbonyl (C=O) groups is 2. The van der Waals surface area contributed by atoms with E-state index in [4.69, 9.17) is 23.2 Å². The molecule has 0 aliphatic carbocycles. The number of nitrogens with zero attached hydrogens (tertiary/aromatic N) is 1. The fraction of sp³-hybridized carbons (Fsp3) is 0.133. The highest BCUT2D eigenvalue weighted by atomic mass is 35.5. The van der Waals surface area contributed by atoms with E-state index < -0.39 is 10.0 Å². The van der Waals surface area contributed by atoms with Gasteiger partial charge in [-0.25, -0.2) is 8.42 Å². The van der Waals surface area contributed by atoms with Gasteiger partial charge in [0.05, 0.1) is 16.3 Å². The van der Waals surface area contributed by atoms with E-state index in [0.717, 1.165) is 12.0 Å². The van der Waals surface area contributed by atoms with Gasteiger partial charge in [-0.15, -0.1) is 11.8 Å². The number of amides is 2. The molecule has 11 heteroatoms. The maximum Gasteiger partial charge on any atom is 0.261 e. The molecule has 1 atom stereocenters. The normalized spacial score (nSPS) is 15.1. The van der Waals surface area contributed by atoms with Gasteiger partial charge in [0.1, 0.15) is 5.37 Å². The Morgan fingerprint density at radius 3 is 2.20 bits per heavy atom. The molecule has 1 heterocycles. The van der Waals surface area contributed by atoms with Crippen LogP contribution in [0.5, 0.6) is 0 Å². The molecule has 1 aliphatic rings. The van der Waals surface area contributed by atoms with Crippen LogP contribution in [-0.2, 0) is 21.2 Å². The zero-order chi connectivity index (χ0) is 29.0. The highest BCUT2D eigenvalue weighted by Crippen LogP contribution is 2.38. The van der Waals surface area contributed by atoms with Crippen LogP contribution in [0, 0.1) is 0 Å². The molecule has 2 N–H and O–H groups in total. The molecule has 0 bridgehead atoms. The molecule has 4 aromatic carbocycles. The number of thioether (sulfide) groups is 1. The smallest absolute Gasteiger partial charge is 0.261 e. The molecule has 210 valence electrons. The van der Waals surface area contributed by atoms with Crippen LogP contribution in [0.3, 0.4) is 0 Å². The first kappa shape index (κ1) is 29.0. The third-order valence-corrected chi connectivity index (χ3v) is 9.54. The Hall–Kier alpha value is -3.50. The first-order chi connectivity index (χ1) is 19.7. The van der Waals surface area contributed by atoms with Crippen molar-refractivity contribution in [3.8, 4) is 0 Å². The average molecular weight is 627 g/mol. The molecule has 1 aliphatic heterocycles. The molecule has 0 unspecified atom stereocenters. The molecule has 0 saturated carbocycles. The molecule has 1 fully saturated rings. The number of anilines is 2. The van der Waals surface area contributed by atoms with Gasteiger partial charge in [0, 0.05) is 27.8 Å². The van der Waals surface area contributed by atoms with E-state index in [0.29, 0.717) is 33.6 Å². The Bertz CT molecular complexity index is 1650. The Morgan fingerprint density at radius 1 is 0.878 bits per heavy atom. The van der Waals surface area contributed by atoms with Gasteiger partial charge in [-0.1, -0.05) is 65.7 Å². The van der Waals surface area contributed by atoms with Crippen LogP contribution < -0.4 is 10.0 Å². The first-order valence-corrected chi connectivity index (χ1v) is 15.9. The molecule has 1 saturated heterocycles. The Morgan fingerprint density at radius 2 is 1.54 bits per heavy atom. The number of halogens is 2. The van der Waals surface area contributed by atoms with Crippen molar-refractivity contribution >= 4 is 68.2 Å². The molecule has 0 radical (unpaired) electrons. The first-order valence-electron chi connectivity index (χ1n) is 12.6. The van der Waals surface area contributed by atoms with Crippen molar-refractivity contribution in [1.29, 1.82) is 0 Å². The van der Waals surface area contributed by atoms with Gasteiger partial charge in [0.25, 0.3) is 15.9 Å². The van der Waals surface area contributed by atoms with Crippen molar-refractivity contribution in [3.63, 3.8) is 0 Å². The zero-order valence-electron chi connectivity index (χ0n) is 21.6. The van der Waals surface area contributed by atoms with Gasteiger partial charge in [-0.3, -0.25) is 14.3 Å². The van der Waals surface area contributed by atoms with E-state index in [1.807, 2.05) is 35.2 Å². The SMILES string of the molecule is O=C(Nc1ccc(S(=O)(=O)Nc2cc(Cl)cc(Cl)c2)cc1)c1ccc([C@@H]2SCC(=O)N2CCc2ccccc2)cc1. The summed E-state index contributed by atoms with van der Waals surface area (Å²) in [6, 6.07) is 27.5. The van der Waals surface area contributed by atoms with Crippen molar-refractivity contribution < 1.29 is 18.0 Å². The van der Waals surface area contributed by atoms with Crippen molar-refractivity contribution in [2.45, 2.75) is 16.7 Å². The number of nitrogens with one attached hydrogen (secondary N) is 2. The second-order valence-electron chi connectivity index (χ2n) is 9.35. The molecule has 0 spiro atoms. The van der Waals surface area contributed by atoms with Crippen LogP contribution in [0.2, 0.25) is 10.0 Å². The van der Waals surface area contributed by atoms with Crippen molar-refractivity contribution in [1.82, 2.24) is 4.90 Å². The number of benzene rings is 4. The summed E-state index contributed by atoms with van der Waals surface area (Å²) in [5.41, 5.74) is 3.25. The largest absolute Gasteiger partial charge is 0.326 e. The molecule has 0 aromatic heterocycles. The van der Waals surface area contributed by atoms with E-state index in [1.165, 1.54) is 48.0 Å². The van der Waals surface area contributed by atoms with Crippen LogP contribution in [0.15, 0.2) is 102 Å². The lowest BCUT2D eigenvalue weighted by Gasteiger charge is -2.24. The fourth-order valence-electron chi connectivity index (χ4n) is 4.41. The lowest BCUT2D eigenvalue weighted by molar-refractivity contribution is -0.128. The molecular weight excluding hydrogens is 601 g/mol. The Balaban J connectivity index is 1.21. The predicted octanol–water partition coefficient (Wildman–Crippen LogP) is 6.86. The Labute approximate surface area is 252 Å². The van der Waals surface area contributed by atoms with Gasteiger partial charge in [0.2, 0.25) is 5.91 Å². The Kier molecular flexibility index (Phi) is 8.89. The van der Waals surface area contributed by atoms with Gasteiger partial charge >= 0.3 is 0 Å². The summed E-state index contributed by atoms with van der Waals surface area (Å²) in [5, 5.41) is 3.29. The third-order valence-electron chi connectivity index (χ3n) is 6.45. The highest BCUT2D eigenvalue weighted by molar-refractivity contribution is 8.00. The standard InChI is InChI=1S/C30H25Cl2N3O4S2/c31-23-16-24(32)18-26(17-23)34-41(38,39)27-12-10-25(11-13-27)33-29(37)21-6-8-22(9-7-21)30-35(28(36)19-40-30)15-14-20-4-2-1-3-5-20/h1-13,16-18,30,34H,14-15,19H2,(H,33,37)/t30-/m0/s1. The minimum Gasteiger partial charge on any atom is -0.326 e. The average Bonchev–Trinajstić information content (AvgIpc) is 3.32. The van der Waals surface area contributed by atoms with Gasteiger partial charge in [-0.05, 0) is 72.1 Å². The van der Waals surface area contributed by atoms with E-state index in [1.54, 1.807) is 23.9 Å². The summed E-state index contributed by atoms with van der Waals surface area (Å²) in [7, 11) is -3.90. The predicted molar refractivity (Wildman–Crippen MR) is 165 cm³/mol. The summed E-state index contributed by atoms with van der Waals surface area (Å²) < 4.78 is 28.0. The summed E-state index contributed by atoms with van der Waals surface area (Å²) in [6.07, 6.45) is 0.773. The van der Waals surface area contributed by atoms with E-state index in [2.05, 4.69) is 22.2 Å². The third kappa shape index (κ3) is 7.23. The molecular formula is C30H25Cl2N3O4S2. The van der Waals surface area contributed by atoms with Gasteiger partial charge < -0.3 is 10.2 Å². The van der Waals surface area contributed by atoms with Crippen LogP contribution in [0.1, 0.15) is 26.9 Å². The number of hydrogen-bond acceptors (Lipinski definition) is 5. The second-order valence-corrected chi connectivity index (χ2v) is 13.0. The molecule has 5 rings (SSSR count). The topological polar surface area (TPSA) is 95.6 Å². The molecule has 4 aromatic rings. The fourth-order valence-corrected chi connectivity index (χ4v) is 7.20. The van der Waals surface area contributed by atoms with Crippen LogP contribution in [0.25, 0.3) is 0 Å². The maximum atomic E-state index is 12.9. The quantitative estimate of drug-likeness (QED) is 0.212. The number of hydrogen-bond donors (Lipinski definition) is 2. The van der Waals surface area contributed by atoms with E-state index in [9.17, 15) is 18.0 Å².